The van der Waals surface area contributed by atoms with Crippen LogP contribution in [0.2, 0.25) is 0 Å². The molecule has 0 saturated carbocycles. The maximum atomic E-state index is 11.9. The number of piperazine rings is 1. The number of ether oxygens (including phenoxy) is 1. The van der Waals surface area contributed by atoms with Gasteiger partial charge in [0.1, 0.15) is 6.54 Å². The molecular formula is C18H36IN5O2. The minimum atomic E-state index is 0. The number of guanidine groups is 1. The third-order valence-corrected chi connectivity index (χ3v) is 4.67. The quantitative estimate of drug-likeness (QED) is 0.350. The average molecular weight is 481 g/mol. The van der Waals surface area contributed by atoms with Gasteiger partial charge in [-0.25, -0.2) is 4.99 Å². The Hall–Kier alpha value is -0.610. The number of halogens is 1. The van der Waals surface area contributed by atoms with E-state index in [0.29, 0.717) is 5.92 Å². The number of aliphatic imine (C=N–C) groups is 1. The van der Waals surface area contributed by atoms with E-state index in [-0.39, 0.29) is 42.5 Å². The predicted octanol–water partition coefficient (Wildman–Crippen LogP) is 1.09. The molecule has 0 aromatic rings. The number of amides is 1. The first-order valence-corrected chi connectivity index (χ1v) is 9.53. The van der Waals surface area contributed by atoms with Crippen LogP contribution in [0.3, 0.4) is 0 Å². The Labute approximate surface area is 175 Å². The lowest BCUT2D eigenvalue weighted by Gasteiger charge is -2.37. The zero-order valence-electron chi connectivity index (χ0n) is 16.7. The van der Waals surface area contributed by atoms with Crippen LogP contribution in [-0.4, -0.2) is 99.2 Å². The first kappa shape index (κ1) is 23.4. The lowest BCUT2D eigenvalue weighted by molar-refractivity contribution is -0.127. The van der Waals surface area contributed by atoms with Gasteiger partial charge in [0.25, 0.3) is 0 Å². The van der Waals surface area contributed by atoms with E-state index in [1.165, 1.54) is 0 Å². The number of likely N-dealkylation sites (N-methyl/N-ethyl adjacent to an activating group) is 1. The van der Waals surface area contributed by atoms with Gasteiger partial charge in [0.05, 0.1) is 6.10 Å². The lowest BCUT2D eigenvalue weighted by atomic mass is 10.2. The van der Waals surface area contributed by atoms with Gasteiger partial charge in [0.2, 0.25) is 5.91 Å². The molecule has 7 nitrogen and oxygen atoms in total. The molecule has 0 aromatic heterocycles. The highest BCUT2D eigenvalue weighted by molar-refractivity contribution is 14.0. The number of hydrogen-bond acceptors (Lipinski definition) is 4. The van der Waals surface area contributed by atoms with Crippen LogP contribution in [0.1, 0.15) is 26.7 Å². The summed E-state index contributed by atoms with van der Waals surface area (Å²) in [7, 11) is 3.53. The first-order chi connectivity index (χ1) is 12.0. The van der Waals surface area contributed by atoms with Gasteiger partial charge in [-0.15, -0.1) is 24.0 Å². The van der Waals surface area contributed by atoms with Crippen LogP contribution in [0.25, 0.3) is 0 Å². The van der Waals surface area contributed by atoms with E-state index in [1.54, 1.807) is 19.0 Å². The van der Waals surface area contributed by atoms with Gasteiger partial charge in [-0.3, -0.25) is 9.69 Å². The van der Waals surface area contributed by atoms with E-state index in [9.17, 15) is 4.79 Å². The summed E-state index contributed by atoms with van der Waals surface area (Å²) >= 11 is 0. The third-order valence-electron chi connectivity index (χ3n) is 4.67. The van der Waals surface area contributed by atoms with Crippen LogP contribution >= 0.6 is 24.0 Å². The molecular weight excluding hydrogens is 445 g/mol. The molecule has 0 spiro atoms. The first-order valence-electron chi connectivity index (χ1n) is 9.53. The fourth-order valence-corrected chi connectivity index (χ4v) is 3.22. The smallest absolute Gasteiger partial charge is 0.243 e. The number of hydrogen-bond donors (Lipinski definition) is 1. The zero-order valence-corrected chi connectivity index (χ0v) is 19.1. The molecule has 2 aliphatic rings. The molecule has 0 aliphatic carbocycles. The molecule has 1 atom stereocenters. The van der Waals surface area contributed by atoms with Crippen molar-refractivity contribution in [3.8, 4) is 0 Å². The van der Waals surface area contributed by atoms with E-state index in [1.807, 2.05) is 0 Å². The lowest BCUT2D eigenvalue weighted by Crippen LogP contribution is -2.54. The summed E-state index contributed by atoms with van der Waals surface area (Å²) in [5.74, 6) is 1.56. The summed E-state index contributed by atoms with van der Waals surface area (Å²) in [6.45, 7) is 11.4. The number of rotatable bonds is 6. The third kappa shape index (κ3) is 7.96. The Morgan fingerprint density at radius 3 is 2.50 bits per heavy atom. The van der Waals surface area contributed by atoms with Crippen molar-refractivity contribution in [2.24, 2.45) is 10.9 Å². The second-order valence-electron chi connectivity index (χ2n) is 7.63. The van der Waals surface area contributed by atoms with Crippen molar-refractivity contribution in [3.05, 3.63) is 0 Å². The topological polar surface area (TPSA) is 60.4 Å². The normalized spacial score (nSPS) is 21.7. The average Bonchev–Trinajstić information content (AvgIpc) is 3.08. The van der Waals surface area contributed by atoms with Gasteiger partial charge in [0, 0.05) is 60.0 Å². The molecule has 2 fully saturated rings. The Kier molecular flexibility index (Phi) is 10.8. The molecule has 2 rings (SSSR count). The van der Waals surface area contributed by atoms with Crippen LogP contribution in [0.4, 0.5) is 0 Å². The highest BCUT2D eigenvalue weighted by atomic mass is 127. The van der Waals surface area contributed by atoms with E-state index in [0.717, 1.165) is 64.7 Å². The predicted molar refractivity (Wildman–Crippen MR) is 116 cm³/mol. The molecule has 152 valence electrons. The highest BCUT2D eigenvalue weighted by Crippen LogP contribution is 2.11. The molecule has 1 unspecified atom stereocenters. The van der Waals surface area contributed by atoms with Crippen LogP contribution in [0.15, 0.2) is 4.99 Å². The Morgan fingerprint density at radius 1 is 1.27 bits per heavy atom. The minimum Gasteiger partial charge on any atom is -0.376 e. The van der Waals surface area contributed by atoms with Crippen LogP contribution in [0, 0.1) is 5.92 Å². The molecule has 0 radical (unpaired) electrons. The van der Waals surface area contributed by atoms with Crippen molar-refractivity contribution in [1.29, 1.82) is 0 Å². The monoisotopic (exact) mass is 481 g/mol. The maximum Gasteiger partial charge on any atom is 0.243 e. The largest absolute Gasteiger partial charge is 0.376 e. The van der Waals surface area contributed by atoms with Gasteiger partial charge in [-0.1, -0.05) is 13.8 Å². The summed E-state index contributed by atoms with van der Waals surface area (Å²) < 4.78 is 5.70. The van der Waals surface area contributed by atoms with Crippen LogP contribution in [-0.2, 0) is 9.53 Å². The Bertz CT molecular complexity index is 445. The van der Waals surface area contributed by atoms with Crippen molar-refractivity contribution in [3.63, 3.8) is 0 Å². The summed E-state index contributed by atoms with van der Waals surface area (Å²) in [5, 5.41) is 3.44. The van der Waals surface area contributed by atoms with Gasteiger partial charge >= 0.3 is 0 Å². The minimum absolute atomic E-state index is 0. The van der Waals surface area contributed by atoms with Gasteiger partial charge in [0.15, 0.2) is 5.96 Å². The molecule has 1 N–H and O–H groups in total. The molecule has 2 heterocycles. The zero-order chi connectivity index (χ0) is 18.2. The second kappa shape index (κ2) is 12.0. The van der Waals surface area contributed by atoms with Gasteiger partial charge in [-0.2, -0.15) is 0 Å². The molecule has 2 aliphatic heterocycles. The van der Waals surface area contributed by atoms with Crippen molar-refractivity contribution in [1.82, 2.24) is 20.0 Å². The standard InChI is InChI=1S/C18H35N5O2.HI/c1-15(2)14-22-7-9-23(10-8-22)18(20-13-17(24)21(3)4)19-12-16-6-5-11-25-16;/h15-16H,5-14H2,1-4H3,(H,19,20);1H. The summed E-state index contributed by atoms with van der Waals surface area (Å²) in [5.41, 5.74) is 0. The fourth-order valence-electron chi connectivity index (χ4n) is 3.22. The number of nitrogens with one attached hydrogen (secondary N) is 1. The molecule has 1 amide bonds. The Balaban J connectivity index is 0.00000338. The van der Waals surface area contributed by atoms with Crippen molar-refractivity contribution in [2.45, 2.75) is 32.8 Å². The fraction of sp³-hybridized carbons (Fsp3) is 0.889. The number of carbonyl (C=O) groups is 1. The van der Waals surface area contributed by atoms with E-state index < -0.39 is 0 Å². The van der Waals surface area contributed by atoms with Crippen LogP contribution < -0.4 is 5.32 Å². The van der Waals surface area contributed by atoms with Crippen molar-refractivity contribution >= 4 is 35.8 Å². The summed E-state index contributed by atoms with van der Waals surface area (Å²) in [6.07, 6.45) is 2.49. The molecule has 0 aromatic carbocycles. The van der Waals surface area contributed by atoms with Crippen molar-refractivity contribution in [2.75, 3.05) is 66.5 Å². The molecule has 26 heavy (non-hydrogen) atoms. The summed E-state index contributed by atoms with van der Waals surface area (Å²) in [6, 6.07) is 0. The second-order valence-corrected chi connectivity index (χ2v) is 7.63. The summed E-state index contributed by atoms with van der Waals surface area (Å²) in [4.78, 5) is 22.8. The van der Waals surface area contributed by atoms with E-state index in [4.69, 9.17) is 4.74 Å². The maximum absolute atomic E-state index is 11.9. The SMILES string of the molecule is CC(C)CN1CCN(C(=NCC(=O)N(C)C)NCC2CCCO2)CC1.I. The van der Waals surface area contributed by atoms with Crippen molar-refractivity contribution < 1.29 is 9.53 Å². The molecule has 8 heteroatoms. The highest BCUT2D eigenvalue weighted by Gasteiger charge is 2.22. The van der Waals surface area contributed by atoms with E-state index in [2.05, 4.69) is 34.0 Å². The number of carbonyl (C=O) groups excluding carboxylic acids is 1. The van der Waals surface area contributed by atoms with E-state index >= 15 is 0 Å². The van der Waals surface area contributed by atoms with Gasteiger partial charge in [-0.05, 0) is 18.8 Å². The Morgan fingerprint density at radius 2 is 1.96 bits per heavy atom. The van der Waals surface area contributed by atoms with Gasteiger partial charge < -0.3 is 19.9 Å². The molecule has 2 saturated heterocycles. The number of nitrogens with zero attached hydrogens (tertiary/aromatic N) is 4. The molecule has 0 bridgehead atoms. The van der Waals surface area contributed by atoms with Crippen LogP contribution in [0.5, 0.6) is 0 Å².